The van der Waals surface area contributed by atoms with Crippen molar-refractivity contribution >= 4 is 6.03 Å². The van der Waals surface area contributed by atoms with Crippen LogP contribution < -0.4 is 5.32 Å². The lowest BCUT2D eigenvalue weighted by Crippen LogP contribution is -2.42. The Hall–Kier alpha value is -2.33. The standard InChI is InChI=1S/C19H24N2O2/c1-16(18-11-7-4-8-12-18)20-19(22)21(13-14-23-2)15-17-9-5-3-6-10-17/h3-12,16H,13-15H2,1-2H3,(H,20,22). The van der Waals surface area contributed by atoms with Crippen LogP contribution in [0.1, 0.15) is 24.1 Å². The number of amides is 2. The summed E-state index contributed by atoms with van der Waals surface area (Å²) in [6.45, 7) is 3.63. The molecule has 0 aliphatic carbocycles. The first-order valence-electron chi connectivity index (χ1n) is 7.84. The molecule has 2 amide bonds. The van der Waals surface area contributed by atoms with Crippen LogP contribution in [0.25, 0.3) is 0 Å². The molecule has 0 fully saturated rings. The minimum atomic E-state index is -0.0812. The van der Waals surface area contributed by atoms with Gasteiger partial charge in [-0.2, -0.15) is 0 Å². The second-order valence-electron chi connectivity index (χ2n) is 5.48. The SMILES string of the molecule is COCCN(Cc1ccccc1)C(=O)NC(C)c1ccccc1. The Labute approximate surface area is 138 Å². The molecular weight excluding hydrogens is 288 g/mol. The van der Waals surface area contributed by atoms with Gasteiger partial charge in [-0.15, -0.1) is 0 Å². The van der Waals surface area contributed by atoms with E-state index in [9.17, 15) is 4.79 Å². The Kier molecular flexibility index (Phi) is 6.63. The molecule has 2 rings (SSSR count). The molecule has 2 aromatic rings. The largest absolute Gasteiger partial charge is 0.383 e. The lowest BCUT2D eigenvalue weighted by atomic mass is 10.1. The van der Waals surface area contributed by atoms with Crippen molar-refractivity contribution < 1.29 is 9.53 Å². The summed E-state index contributed by atoms with van der Waals surface area (Å²) < 4.78 is 5.13. The molecule has 0 aliphatic rings. The molecule has 122 valence electrons. The number of urea groups is 1. The predicted molar refractivity (Wildman–Crippen MR) is 92.1 cm³/mol. The number of hydrogen-bond donors (Lipinski definition) is 1. The molecule has 1 N–H and O–H groups in total. The normalized spacial score (nSPS) is 11.7. The summed E-state index contributed by atoms with van der Waals surface area (Å²) in [5.41, 5.74) is 2.19. The summed E-state index contributed by atoms with van der Waals surface area (Å²) in [7, 11) is 1.64. The van der Waals surface area contributed by atoms with E-state index in [1.54, 1.807) is 12.0 Å². The highest BCUT2D eigenvalue weighted by atomic mass is 16.5. The molecule has 0 radical (unpaired) electrons. The number of rotatable bonds is 7. The molecule has 1 unspecified atom stereocenters. The van der Waals surface area contributed by atoms with Crippen LogP contribution in [0.15, 0.2) is 60.7 Å². The van der Waals surface area contributed by atoms with Gasteiger partial charge in [0.1, 0.15) is 0 Å². The third-order valence-electron chi connectivity index (χ3n) is 3.71. The fourth-order valence-electron chi connectivity index (χ4n) is 2.36. The number of nitrogens with one attached hydrogen (secondary N) is 1. The molecular formula is C19H24N2O2. The monoisotopic (exact) mass is 312 g/mol. The van der Waals surface area contributed by atoms with Gasteiger partial charge in [0, 0.05) is 20.2 Å². The molecule has 0 bridgehead atoms. The minimum absolute atomic E-state index is 0.0375. The van der Waals surface area contributed by atoms with Crippen LogP contribution in [0, 0.1) is 0 Å². The van der Waals surface area contributed by atoms with E-state index in [0.717, 1.165) is 11.1 Å². The predicted octanol–water partition coefficient (Wildman–Crippen LogP) is 3.61. The summed E-state index contributed by atoms with van der Waals surface area (Å²) in [5.74, 6) is 0. The van der Waals surface area contributed by atoms with Gasteiger partial charge < -0.3 is 15.0 Å². The average molecular weight is 312 g/mol. The van der Waals surface area contributed by atoms with Gasteiger partial charge >= 0.3 is 6.03 Å². The minimum Gasteiger partial charge on any atom is -0.383 e. The summed E-state index contributed by atoms with van der Waals surface area (Å²) in [6, 6.07) is 19.8. The highest BCUT2D eigenvalue weighted by Crippen LogP contribution is 2.12. The number of ether oxygens (including phenoxy) is 1. The Bertz CT molecular complexity index is 587. The number of methoxy groups -OCH3 is 1. The van der Waals surface area contributed by atoms with E-state index in [4.69, 9.17) is 4.74 Å². The molecule has 0 aromatic heterocycles. The molecule has 0 heterocycles. The lowest BCUT2D eigenvalue weighted by Gasteiger charge is -2.25. The zero-order valence-electron chi connectivity index (χ0n) is 13.7. The molecule has 0 saturated carbocycles. The summed E-state index contributed by atoms with van der Waals surface area (Å²) >= 11 is 0. The van der Waals surface area contributed by atoms with Crippen molar-refractivity contribution in [1.29, 1.82) is 0 Å². The maximum absolute atomic E-state index is 12.6. The van der Waals surface area contributed by atoms with Gasteiger partial charge in [-0.3, -0.25) is 0 Å². The van der Waals surface area contributed by atoms with Crippen LogP contribution in [0.3, 0.4) is 0 Å². The molecule has 0 spiro atoms. The van der Waals surface area contributed by atoms with Crippen molar-refractivity contribution in [1.82, 2.24) is 10.2 Å². The second kappa shape index (κ2) is 8.96. The Morgan fingerprint density at radius 3 is 2.30 bits per heavy atom. The molecule has 0 saturated heterocycles. The van der Waals surface area contributed by atoms with Crippen LogP contribution in [0.2, 0.25) is 0 Å². The average Bonchev–Trinajstić information content (AvgIpc) is 2.60. The van der Waals surface area contributed by atoms with Crippen LogP contribution in [-0.4, -0.2) is 31.2 Å². The molecule has 23 heavy (non-hydrogen) atoms. The van der Waals surface area contributed by atoms with E-state index < -0.39 is 0 Å². The molecule has 1 atom stereocenters. The quantitative estimate of drug-likeness (QED) is 0.848. The number of hydrogen-bond acceptors (Lipinski definition) is 2. The van der Waals surface area contributed by atoms with Crippen LogP contribution in [0.5, 0.6) is 0 Å². The first-order chi connectivity index (χ1) is 11.2. The van der Waals surface area contributed by atoms with Crippen molar-refractivity contribution in [3.05, 3.63) is 71.8 Å². The molecule has 4 heteroatoms. The van der Waals surface area contributed by atoms with Crippen molar-refractivity contribution in [2.75, 3.05) is 20.3 Å². The van der Waals surface area contributed by atoms with Crippen molar-refractivity contribution in [3.8, 4) is 0 Å². The summed E-state index contributed by atoms with van der Waals surface area (Å²) in [6.07, 6.45) is 0. The maximum Gasteiger partial charge on any atom is 0.318 e. The lowest BCUT2D eigenvalue weighted by molar-refractivity contribution is 0.145. The van der Waals surface area contributed by atoms with Gasteiger partial charge in [0.15, 0.2) is 0 Å². The number of benzene rings is 2. The topological polar surface area (TPSA) is 41.6 Å². The fraction of sp³-hybridized carbons (Fsp3) is 0.316. The van der Waals surface area contributed by atoms with Gasteiger partial charge in [-0.1, -0.05) is 60.7 Å². The van der Waals surface area contributed by atoms with Gasteiger partial charge in [0.05, 0.1) is 12.6 Å². The zero-order valence-corrected chi connectivity index (χ0v) is 13.7. The number of carbonyl (C=O) groups is 1. The number of nitrogens with zero attached hydrogens (tertiary/aromatic N) is 1. The highest BCUT2D eigenvalue weighted by molar-refractivity contribution is 5.74. The Morgan fingerprint density at radius 2 is 1.70 bits per heavy atom. The first-order valence-corrected chi connectivity index (χ1v) is 7.84. The molecule has 0 aliphatic heterocycles. The second-order valence-corrected chi connectivity index (χ2v) is 5.48. The van der Waals surface area contributed by atoms with E-state index >= 15 is 0 Å². The fourth-order valence-corrected chi connectivity index (χ4v) is 2.36. The van der Waals surface area contributed by atoms with Crippen molar-refractivity contribution in [2.24, 2.45) is 0 Å². The van der Waals surface area contributed by atoms with E-state index in [1.165, 1.54) is 0 Å². The Morgan fingerprint density at radius 1 is 1.09 bits per heavy atom. The third-order valence-corrected chi connectivity index (χ3v) is 3.71. The van der Waals surface area contributed by atoms with Crippen LogP contribution in [-0.2, 0) is 11.3 Å². The highest BCUT2D eigenvalue weighted by Gasteiger charge is 2.16. The van der Waals surface area contributed by atoms with Gasteiger partial charge in [-0.05, 0) is 18.1 Å². The van der Waals surface area contributed by atoms with Crippen LogP contribution in [0.4, 0.5) is 4.79 Å². The first kappa shape index (κ1) is 17.0. The van der Waals surface area contributed by atoms with Gasteiger partial charge in [0.2, 0.25) is 0 Å². The van der Waals surface area contributed by atoms with Gasteiger partial charge in [-0.25, -0.2) is 4.79 Å². The van der Waals surface area contributed by atoms with E-state index in [2.05, 4.69) is 5.32 Å². The molecule has 2 aromatic carbocycles. The van der Waals surface area contributed by atoms with E-state index in [1.807, 2.05) is 67.6 Å². The maximum atomic E-state index is 12.6. The van der Waals surface area contributed by atoms with Gasteiger partial charge in [0.25, 0.3) is 0 Å². The number of carbonyl (C=O) groups excluding carboxylic acids is 1. The zero-order chi connectivity index (χ0) is 16.5. The third kappa shape index (κ3) is 5.42. The Balaban J connectivity index is 2.01. The van der Waals surface area contributed by atoms with E-state index in [0.29, 0.717) is 19.7 Å². The van der Waals surface area contributed by atoms with Crippen molar-refractivity contribution in [2.45, 2.75) is 19.5 Å². The van der Waals surface area contributed by atoms with E-state index in [-0.39, 0.29) is 12.1 Å². The molecule has 4 nitrogen and oxygen atoms in total. The van der Waals surface area contributed by atoms with Crippen LogP contribution >= 0.6 is 0 Å². The summed E-state index contributed by atoms with van der Waals surface area (Å²) in [5, 5.41) is 3.06. The summed E-state index contributed by atoms with van der Waals surface area (Å²) in [4.78, 5) is 14.4. The van der Waals surface area contributed by atoms with Crippen molar-refractivity contribution in [3.63, 3.8) is 0 Å². The smallest absolute Gasteiger partial charge is 0.318 e.